The third kappa shape index (κ3) is 3.69. The largest absolute Gasteiger partial charge is 0.503 e. The summed E-state index contributed by atoms with van der Waals surface area (Å²) in [6.07, 6.45) is 1.35. The smallest absolute Gasteiger partial charge is 0.308 e. The molecule has 0 aliphatic carbocycles. The standard InChI is InChI=1S/C25H21NO6/c1-14-9-10-18(12-15(14)2)26-22(17-6-4-7-19(13-17)32-16(3)27)21(24(29)25(26)30)23(28)20-8-5-11-31-20/h4-13,22,29H,1-3H3. The molecule has 162 valence electrons. The Balaban J connectivity index is 1.89. The van der Waals surface area contributed by atoms with E-state index in [0.717, 1.165) is 11.1 Å². The summed E-state index contributed by atoms with van der Waals surface area (Å²) in [4.78, 5) is 39.2. The molecule has 0 radical (unpaired) electrons. The van der Waals surface area contributed by atoms with Crippen LogP contribution in [0.15, 0.2) is 76.6 Å². The summed E-state index contributed by atoms with van der Waals surface area (Å²) in [6, 6.07) is 14.1. The fourth-order valence-corrected chi connectivity index (χ4v) is 3.75. The van der Waals surface area contributed by atoms with Gasteiger partial charge in [-0.1, -0.05) is 18.2 Å². The first-order valence-corrected chi connectivity index (χ1v) is 9.98. The van der Waals surface area contributed by atoms with Crippen molar-refractivity contribution in [2.45, 2.75) is 26.8 Å². The van der Waals surface area contributed by atoms with Crippen LogP contribution in [0.3, 0.4) is 0 Å². The van der Waals surface area contributed by atoms with Crippen molar-refractivity contribution < 1.29 is 28.6 Å². The molecule has 0 bridgehead atoms. The van der Waals surface area contributed by atoms with E-state index in [1.54, 1.807) is 36.4 Å². The van der Waals surface area contributed by atoms with Crippen molar-refractivity contribution in [1.29, 1.82) is 0 Å². The minimum Gasteiger partial charge on any atom is -0.503 e. The summed E-state index contributed by atoms with van der Waals surface area (Å²) in [5.74, 6) is -2.18. The second kappa shape index (κ2) is 8.19. The molecule has 7 nitrogen and oxygen atoms in total. The number of hydrogen-bond acceptors (Lipinski definition) is 6. The average molecular weight is 431 g/mol. The van der Waals surface area contributed by atoms with Gasteiger partial charge in [-0.3, -0.25) is 19.3 Å². The Morgan fingerprint density at radius 1 is 1.03 bits per heavy atom. The van der Waals surface area contributed by atoms with Gasteiger partial charge < -0.3 is 14.3 Å². The van der Waals surface area contributed by atoms with E-state index in [1.807, 2.05) is 26.0 Å². The number of aliphatic hydroxyl groups is 1. The first-order valence-electron chi connectivity index (χ1n) is 9.98. The fraction of sp³-hybridized carbons (Fsp3) is 0.160. The van der Waals surface area contributed by atoms with E-state index in [0.29, 0.717) is 11.3 Å². The molecule has 0 fully saturated rings. The van der Waals surface area contributed by atoms with Crippen molar-refractivity contribution in [1.82, 2.24) is 0 Å². The molecule has 1 N–H and O–H groups in total. The maximum Gasteiger partial charge on any atom is 0.308 e. The van der Waals surface area contributed by atoms with Crippen LogP contribution < -0.4 is 9.64 Å². The summed E-state index contributed by atoms with van der Waals surface area (Å²) in [5, 5.41) is 10.8. The number of ketones is 1. The minimum atomic E-state index is -0.947. The number of nitrogens with zero attached hydrogens (tertiary/aromatic N) is 1. The highest BCUT2D eigenvalue weighted by molar-refractivity contribution is 6.20. The molecule has 1 amide bonds. The number of amides is 1. The summed E-state index contributed by atoms with van der Waals surface area (Å²) >= 11 is 0. The van der Waals surface area contributed by atoms with Gasteiger partial charge in [0.2, 0.25) is 5.78 Å². The van der Waals surface area contributed by atoms with Crippen LogP contribution in [0, 0.1) is 13.8 Å². The number of ether oxygens (including phenoxy) is 1. The Bertz CT molecular complexity index is 1260. The van der Waals surface area contributed by atoms with Crippen LogP contribution in [-0.2, 0) is 9.59 Å². The van der Waals surface area contributed by atoms with Gasteiger partial charge in [0, 0.05) is 12.6 Å². The van der Waals surface area contributed by atoms with Crippen LogP contribution in [0.2, 0.25) is 0 Å². The molecule has 32 heavy (non-hydrogen) atoms. The van der Waals surface area contributed by atoms with E-state index in [-0.39, 0.29) is 17.1 Å². The van der Waals surface area contributed by atoms with Crippen molar-refractivity contribution in [2.75, 3.05) is 4.90 Å². The molecule has 1 atom stereocenters. The lowest BCUT2D eigenvalue weighted by molar-refractivity contribution is -0.131. The summed E-state index contributed by atoms with van der Waals surface area (Å²) < 4.78 is 10.4. The highest BCUT2D eigenvalue weighted by atomic mass is 16.5. The highest BCUT2D eigenvalue weighted by Crippen LogP contribution is 2.43. The molecule has 3 aromatic rings. The fourth-order valence-electron chi connectivity index (χ4n) is 3.75. The highest BCUT2D eigenvalue weighted by Gasteiger charge is 2.45. The van der Waals surface area contributed by atoms with Gasteiger partial charge >= 0.3 is 5.97 Å². The number of carbonyl (C=O) groups is 3. The number of Topliss-reactive ketones (excluding diaryl/α,β-unsaturated/α-hetero) is 1. The zero-order valence-corrected chi connectivity index (χ0v) is 17.8. The Morgan fingerprint density at radius 2 is 1.81 bits per heavy atom. The zero-order valence-electron chi connectivity index (χ0n) is 17.8. The van der Waals surface area contributed by atoms with E-state index in [9.17, 15) is 19.5 Å². The molecule has 0 spiro atoms. The predicted octanol–water partition coefficient (Wildman–Crippen LogP) is 4.60. The molecule has 0 saturated carbocycles. The van der Waals surface area contributed by atoms with Crippen LogP contribution in [-0.4, -0.2) is 22.8 Å². The Labute approximate surface area is 184 Å². The third-order valence-electron chi connectivity index (χ3n) is 5.40. The summed E-state index contributed by atoms with van der Waals surface area (Å²) in [6.45, 7) is 5.15. The van der Waals surface area contributed by atoms with E-state index >= 15 is 0 Å². The zero-order chi connectivity index (χ0) is 23.0. The van der Waals surface area contributed by atoms with Crippen molar-refractivity contribution >= 4 is 23.3 Å². The summed E-state index contributed by atoms with van der Waals surface area (Å²) in [7, 11) is 0. The lowest BCUT2D eigenvalue weighted by Gasteiger charge is -2.27. The molecule has 0 saturated heterocycles. The number of esters is 1. The van der Waals surface area contributed by atoms with Crippen LogP contribution in [0.1, 0.15) is 40.2 Å². The van der Waals surface area contributed by atoms with Gasteiger partial charge in [0.05, 0.1) is 17.9 Å². The minimum absolute atomic E-state index is 0.00225. The topological polar surface area (TPSA) is 97.0 Å². The monoisotopic (exact) mass is 431 g/mol. The molecule has 4 rings (SSSR count). The molecule has 1 unspecified atom stereocenters. The molecule has 1 aliphatic rings. The van der Waals surface area contributed by atoms with E-state index in [4.69, 9.17) is 9.15 Å². The first-order chi connectivity index (χ1) is 15.3. The second-order valence-corrected chi connectivity index (χ2v) is 7.58. The maximum atomic E-state index is 13.2. The van der Waals surface area contributed by atoms with Gasteiger partial charge in [0.15, 0.2) is 11.5 Å². The Hall–Kier alpha value is -4.13. The number of aliphatic hydroxyl groups excluding tert-OH is 1. The van der Waals surface area contributed by atoms with Crippen LogP contribution in [0.4, 0.5) is 5.69 Å². The van der Waals surface area contributed by atoms with Gasteiger partial charge in [0.1, 0.15) is 5.75 Å². The van der Waals surface area contributed by atoms with Gasteiger partial charge in [-0.05, 0) is 66.9 Å². The number of aryl methyl sites for hydroxylation is 2. The van der Waals surface area contributed by atoms with Gasteiger partial charge in [0.25, 0.3) is 5.91 Å². The molecule has 1 aromatic heterocycles. The second-order valence-electron chi connectivity index (χ2n) is 7.58. The van der Waals surface area contributed by atoms with Crippen molar-refractivity contribution in [3.8, 4) is 5.75 Å². The number of anilines is 1. The van der Waals surface area contributed by atoms with E-state index < -0.39 is 29.5 Å². The van der Waals surface area contributed by atoms with Crippen LogP contribution in [0.25, 0.3) is 0 Å². The number of furan rings is 1. The van der Waals surface area contributed by atoms with Crippen LogP contribution in [0.5, 0.6) is 5.75 Å². The molecular weight excluding hydrogens is 410 g/mol. The van der Waals surface area contributed by atoms with Gasteiger partial charge in [-0.2, -0.15) is 0 Å². The van der Waals surface area contributed by atoms with E-state index in [1.165, 1.54) is 24.2 Å². The molecule has 7 heteroatoms. The van der Waals surface area contributed by atoms with Crippen LogP contribution >= 0.6 is 0 Å². The van der Waals surface area contributed by atoms with Gasteiger partial charge in [-0.15, -0.1) is 0 Å². The van der Waals surface area contributed by atoms with Gasteiger partial charge in [-0.25, -0.2) is 0 Å². The maximum absolute atomic E-state index is 13.2. The lowest BCUT2D eigenvalue weighted by atomic mass is 9.94. The molecule has 1 aliphatic heterocycles. The Kier molecular flexibility index (Phi) is 5.40. The Morgan fingerprint density at radius 3 is 2.47 bits per heavy atom. The number of benzene rings is 2. The number of rotatable bonds is 5. The van der Waals surface area contributed by atoms with E-state index in [2.05, 4.69) is 0 Å². The SMILES string of the molecule is CC(=O)Oc1cccc(C2C(C(=O)c3ccco3)=C(O)C(=O)N2c2ccc(C)c(C)c2)c1. The molecule has 2 heterocycles. The average Bonchev–Trinajstić information content (AvgIpc) is 3.37. The normalized spacial score (nSPS) is 15.9. The van der Waals surface area contributed by atoms with Crippen molar-refractivity contribution in [3.05, 3.63) is 94.6 Å². The summed E-state index contributed by atoms with van der Waals surface area (Å²) in [5.41, 5.74) is 2.90. The van der Waals surface area contributed by atoms with Crippen molar-refractivity contribution in [2.24, 2.45) is 0 Å². The predicted molar refractivity (Wildman–Crippen MR) is 117 cm³/mol. The number of hydrogen-bond donors (Lipinski definition) is 1. The third-order valence-corrected chi connectivity index (χ3v) is 5.40. The first kappa shape index (κ1) is 21.1. The molecular formula is C25H21NO6. The van der Waals surface area contributed by atoms with Crippen molar-refractivity contribution in [3.63, 3.8) is 0 Å². The molecule has 2 aromatic carbocycles. The quantitative estimate of drug-likeness (QED) is 0.360. The number of carbonyl (C=O) groups excluding carboxylic acids is 3. The lowest BCUT2D eigenvalue weighted by Crippen LogP contribution is -2.31.